The van der Waals surface area contributed by atoms with Crippen LogP contribution in [-0.4, -0.2) is 49.9 Å². The van der Waals surface area contributed by atoms with Crippen molar-refractivity contribution in [3.05, 3.63) is 48.8 Å². The number of nitrogens with one attached hydrogen (secondary N) is 2. The summed E-state index contributed by atoms with van der Waals surface area (Å²) in [4.78, 5) is 27.8. The predicted molar refractivity (Wildman–Crippen MR) is 107 cm³/mol. The van der Waals surface area contributed by atoms with Gasteiger partial charge in [0.15, 0.2) is 0 Å². The van der Waals surface area contributed by atoms with Crippen LogP contribution in [0, 0.1) is 5.92 Å². The number of nitrogens with zero attached hydrogens (tertiary/aromatic N) is 2. The van der Waals surface area contributed by atoms with E-state index >= 15 is 0 Å². The average Bonchev–Trinajstić information content (AvgIpc) is 2.75. The molecule has 154 valence electrons. The summed E-state index contributed by atoms with van der Waals surface area (Å²) in [6, 6.07) is 9.25. The molecule has 1 aliphatic rings. The van der Waals surface area contributed by atoms with E-state index in [1.54, 1.807) is 24.5 Å². The second-order valence-electron chi connectivity index (χ2n) is 6.57. The first kappa shape index (κ1) is 20.7. The number of carbonyl (C=O) groups is 2. The van der Waals surface area contributed by atoms with Crippen LogP contribution in [0.4, 0.5) is 16.2 Å². The SMILES string of the molecule is COC(=O)Nc1ccc(S(=O)(=O)N2CCC[C@H](C(=O)Nc3cccnc3)C2)cc1. The molecule has 0 spiro atoms. The molecule has 1 aromatic carbocycles. The van der Waals surface area contributed by atoms with Crippen LogP contribution in [0.25, 0.3) is 0 Å². The van der Waals surface area contributed by atoms with Crippen molar-refractivity contribution in [3.63, 3.8) is 0 Å². The molecule has 2 aromatic rings. The van der Waals surface area contributed by atoms with E-state index < -0.39 is 22.0 Å². The number of rotatable bonds is 5. The summed E-state index contributed by atoms with van der Waals surface area (Å²) in [6.07, 6.45) is 3.71. The largest absolute Gasteiger partial charge is 0.453 e. The minimum absolute atomic E-state index is 0.0984. The zero-order valence-electron chi connectivity index (χ0n) is 15.9. The van der Waals surface area contributed by atoms with E-state index in [-0.39, 0.29) is 17.3 Å². The quantitative estimate of drug-likeness (QED) is 0.769. The van der Waals surface area contributed by atoms with E-state index in [9.17, 15) is 18.0 Å². The number of piperidine rings is 1. The minimum Gasteiger partial charge on any atom is -0.453 e. The Morgan fingerprint density at radius 1 is 1.14 bits per heavy atom. The second kappa shape index (κ2) is 9.01. The third-order valence-electron chi connectivity index (χ3n) is 4.61. The first-order valence-corrected chi connectivity index (χ1v) is 10.5. The van der Waals surface area contributed by atoms with Gasteiger partial charge in [-0.2, -0.15) is 4.31 Å². The van der Waals surface area contributed by atoms with Gasteiger partial charge in [0.1, 0.15) is 0 Å². The molecule has 0 aliphatic carbocycles. The molecular weight excluding hydrogens is 396 g/mol. The van der Waals surface area contributed by atoms with Crippen molar-refractivity contribution in [3.8, 4) is 0 Å². The maximum absolute atomic E-state index is 13.0. The molecule has 1 aromatic heterocycles. The highest BCUT2D eigenvalue weighted by atomic mass is 32.2. The molecule has 1 aliphatic heterocycles. The van der Waals surface area contributed by atoms with Gasteiger partial charge in [-0.25, -0.2) is 13.2 Å². The van der Waals surface area contributed by atoms with E-state index in [0.717, 1.165) is 0 Å². The van der Waals surface area contributed by atoms with Gasteiger partial charge in [-0.15, -0.1) is 0 Å². The van der Waals surface area contributed by atoms with Crippen molar-refractivity contribution in [1.29, 1.82) is 0 Å². The van der Waals surface area contributed by atoms with Gasteiger partial charge in [0.25, 0.3) is 0 Å². The van der Waals surface area contributed by atoms with Crippen LogP contribution in [0.1, 0.15) is 12.8 Å². The lowest BCUT2D eigenvalue weighted by molar-refractivity contribution is -0.120. The second-order valence-corrected chi connectivity index (χ2v) is 8.51. The minimum atomic E-state index is -3.76. The Labute approximate surface area is 169 Å². The van der Waals surface area contributed by atoms with Crippen LogP contribution in [0.15, 0.2) is 53.7 Å². The van der Waals surface area contributed by atoms with Crippen molar-refractivity contribution in [2.24, 2.45) is 5.92 Å². The zero-order valence-corrected chi connectivity index (χ0v) is 16.7. The van der Waals surface area contributed by atoms with Crippen molar-refractivity contribution >= 4 is 33.4 Å². The van der Waals surface area contributed by atoms with Crippen molar-refractivity contribution in [2.45, 2.75) is 17.7 Å². The van der Waals surface area contributed by atoms with E-state index in [2.05, 4.69) is 20.4 Å². The molecule has 29 heavy (non-hydrogen) atoms. The molecule has 2 heterocycles. The summed E-state index contributed by atoms with van der Waals surface area (Å²) < 4.78 is 31.8. The Hall–Kier alpha value is -2.98. The topological polar surface area (TPSA) is 118 Å². The smallest absolute Gasteiger partial charge is 0.411 e. The number of sulfonamides is 1. The highest BCUT2D eigenvalue weighted by Crippen LogP contribution is 2.25. The number of methoxy groups -OCH3 is 1. The molecule has 9 nitrogen and oxygen atoms in total. The van der Waals surface area contributed by atoms with Gasteiger partial charge < -0.3 is 10.1 Å². The molecule has 0 bridgehead atoms. The predicted octanol–water partition coefficient (Wildman–Crippen LogP) is 2.30. The first-order chi connectivity index (χ1) is 13.9. The number of benzene rings is 1. The van der Waals surface area contributed by atoms with Gasteiger partial charge in [0.2, 0.25) is 15.9 Å². The van der Waals surface area contributed by atoms with Crippen LogP contribution in [-0.2, 0) is 19.6 Å². The number of ether oxygens (including phenoxy) is 1. The van der Waals surface area contributed by atoms with Gasteiger partial charge in [-0.05, 0) is 49.2 Å². The summed E-state index contributed by atoms with van der Waals surface area (Å²) in [5.74, 6) is -0.672. The maximum Gasteiger partial charge on any atom is 0.411 e. The molecule has 0 radical (unpaired) electrons. The summed E-state index contributed by atoms with van der Waals surface area (Å²) in [5.41, 5.74) is 0.995. The Kier molecular flexibility index (Phi) is 6.45. The van der Waals surface area contributed by atoms with Crippen molar-refractivity contribution < 1.29 is 22.7 Å². The standard InChI is InChI=1S/C19H22N4O5S/c1-28-19(25)22-15-6-8-17(9-7-15)29(26,27)23-11-3-4-14(13-23)18(24)21-16-5-2-10-20-12-16/h2,5-10,12,14H,3-4,11,13H2,1H3,(H,21,24)(H,22,25)/t14-/m0/s1. The third kappa shape index (κ3) is 5.09. The monoisotopic (exact) mass is 418 g/mol. The number of amides is 2. The Balaban J connectivity index is 1.68. The fourth-order valence-corrected chi connectivity index (χ4v) is 4.61. The summed E-state index contributed by atoms with van der Waals surface area (Å²) in [7, 11) is -2.51. The molecule has 3 rings (SSSR count). The summed E-state index contributed by atoms with van der Waals surface area (Å²) in [5, 5.41) is 5.25. The molecule has 2 N–H and O–H groups in total. The molecule has 0 unspecified atom stereocenters. The Morgan fingerprint density at radius 3 is 2.55 bits per heavy atom. The van der Waals surface area contributed by atoms with Gasteiger partial charge in [-0.3, -0.25) is 15.1 Å². The van der Waals surface area contributed by atoms with Crippen molar-refractivity contribution in [1.82, 2.24) is 9.29 Å². The fraction of sp³-hybridized carbons (Fsp3) is 0.316. The van der Waals surface area contributed by atoms with Gasteiger partial charge in [-0.1, -0.05) is 0 Å². The van der Waals surface area contributed by atoms with Crippen LogP contribution in [0.2, 0.25) is 0 Å². The van der Waals surface area contributed by atoms with Crippen molar-refractivity contribution in [2.75, 3.05) is 30.8 Å². The average molecular weight is 418 g/mol. The van der Waals surface area contributed by atoms with E-state index in [1.165, 1.54) is 35.7 Å². The number of hydrogen-bond acceptors (Lipinski definition) is 6. The number of anilines is 2. The highest BCUT2D eigenvalue weighted by Gasteiger charge is 2.33. The lowest BCUT2D eigenvalue weighted by atomic mass is 9.99. The van der Waals surface area contributed by atoms with Crippen LogP contribution >= 0.6 is 0 Å². The lowest BCUT2D eigenvalue weighted by Gasteiger charge is -2.31. The number of aromatic nitrogens is 1. The van der Waals surface area contributed by atoms with Gasteiger partial charge >= 0.3 is 6.09 Å². The molecule has 0 saturated carbocycles. The Morgan fingerprint density at radius 2 is 1.90 bits per heavy atom. The normalized spacial score (nSPS) is 17.3. The number of hydrogen-bond donors (Lipinski definition) is 2. The molecule has 1 saturated heterocycles. The van der Waals surface area contributed by atoms with E-state index in [0.29, 0.717) is 30.8 Å². The highest BCUT2D eigenvalue weighted by molar-refractivity contribution is 7.89. The maximum atomic E-state index is 13.0. The molecule has 10 heteroatoms. The molecule has 2 amide bonds. The molecular formula is C19H22N4O5S. The van der Waals surface area contributed by atoms with Crippen LogP contribution in [0.3, 0.4) is 0 Å². The Bertz CT molecular complexity index is 964. The molecule has 1 atom stereocenters. The number of pyridine rings is 1. The van der Waals surface area contributed by atoms with Gasteiger partial charge in [0, 0.05) is 25.0 Å². The number of carbonyl (C=O) groups excluding carboxylic acids is 2. The summed E-state index contributed by atoms with van der Waals surface area (Å²) >= 11 is 0. The van der Waals surface area contributed by atoms with Crippen LogP contribution < -0.4 is 10.6 Å². The van der Waals surface area contributed by atoms with Crippen LogP contribution in [0.5, 0.6) is 0 Å². The van der Waals surface area contributed by atoms with E-state index in [1.807, 2.05) is 0 Å². The fourth-order valence-electron chi connectivity index (χ4n) is 3.08. The first-order valence-electron chi connectivity index (χ1n) is 9.06. The van der Waals surface area contributed by atoms with Gasteiger partial charge in [0.05, 0.1) is 29.8 Å². The molecule has 1 fully saturated rings. The lowest BCUT2D eigenvalue weighted by Crippen LogP contribution is -2.43. The summed E-state index contributed by atoms with van der Waals surface area (Å²) in [6.45, 7) is 0.456. The van der Waals surface area contributed by atoms with E-state index in [4.69, 9.17) is 0 Å². The third-order valence-corrected chi connectivity index (χ3v) is 6.49. The zero-order chi connectivity index (χ0) is 20.9.